The number of hydrogen-bond acceptors (Lipinski definition) is 3. The molecule has 2 heterocycles. The molecule has 0 unspecified atom stereocenters. The predicted molar refractivity (Wildman–Crippen MR) is 82.0 cm³/mol. The van der Waals surface area contributed by atoms with Gasteiger partial charge in [-0.2, -0.15) is 5.10 Å². The zero-order valence-electron chi connectivity index (χ0n) is 11.3. The van der Waals surface area contributed by atoms with E-state index >= 15 is 0 Å². The van der Waals surface area contributed by atoms with Crippen molar-refractivity contribution in [3.05, 3.63) is 46.7 Å². The number of halogens is 1. The molecule has 2 aromatic rings. The third-order valence-electron chi connectivity index (χ3n) is 3.43. The van der Waals surface area contributed by atoms with Gasteiger partial charge in [0.2, 0.25) is 0 Å². The van der Waals surface area contributed by atoms with Gasteiger partial charge in [0.25, 0.3) is 0 Å². The Bertz CT molecular complexity index is 564. The molecule has 1 fully saturated rings. The molecule has 0 aliphatic carbocycles. The van der Waals surface area contributed by atoms with Gasteiger partial charge in [-0.3, -0.25) is 4.68 Å². The predicted octanol–water partition coefficient (Wildman–Crippen LogP) is 2.82. The van der Waals surface area contributed by atoms with Crippen LogP contribution in [0.25, 0.3) is 0 Å². The van der Waals surface area contributed by atoms with Crippen molar-refractivity contribution >= 4 is 15.9 Å². The van der Waals surface area contributed by atoms with Gasteiger partial charge >= 0.3 is 0 Å². The highest BCUT2D eigenvalue weighted by Gasteiger charge is 2.15. The zero-order chi connectivity index (χ0) is 13.8. The van der Waals surface area contributed by atoms with E-state index < -0.39 is 0 Å². The molecule has 1 saturated heterocycles. The lowest BCUT2D eigenvalue weighted by Gasteiger charge is -2.22. The summed E-state index contributed by atoms with van der Waals surface area (Å²) >= 11 is 3.49. The summed E-state index contributed by atoms with van der Waals surface area (Å²) in [4.78, 5) is 0. The van der Waals surface area contributed by atoms with Gasteiger partial charge in [-0.1, -0.05) is 28.1 Å². The molecule has 4 nitrogen and oxygen atoms in total. The summed E-state index contributed by atoms with van der Waals surface area (Å²) in [6.07, 6.45) is 6.23. The fourth-order valence-corrected chi connectivity index (χ4v) is 2.87. The van der Waals surface area contributed by atoms with E-state index in [-0.39, 0.29) is 0 Å². The average Bonchev–Trinajstić information content (AvgIpc) is 2.87. The highest BCUT2D eigenvalue weighted by atomic mass is 79.9. The van der Waals surface area contributed by atoms with Crippen LogP contribution in [0.5, 0.6) is 5.75 Å². The van der Waals surface area contributed by atoms with Crippen LogP contribution in [-0.2, 0) is 6.54 Å². The molecule has 3 rings (SSSR count). The lowest BCUT2D eigenvalue weighted by Crippen LogP contribution is -2.34. The number of piperidine rings is 1. The fourth-order valence-electron chi connectivity index (χ4n) is 2.42. The van der Waals surface area contributed by atoms with Crippen LogP contribution in [-0.4, -0.2) is 29.0 Å². The zero-order valence-corrected chi connectivity index (χ0v) is 12.8. The smallest absolute Gasteiger partial charge is 0.157 e. The minimum absolute atomic E-state index is 0.319. The number of hydrogen-bond donors (Lipinski definition) is 1. The normalized spacial score (nSPS) is 16.2. The van der Waals surface area contributed by atoms with Gasteiger partial charge in [-0.25, -0.2) is 0 Å². The molecule has 0 saturated carbocycles. The van der Waals surface area contributed by atoms with Crippen molar-refractivity contribution < 1.29 is 4.74 Å². The van der Waals surface area contributed by atoms with Gasteiger partial charge in [0.05, 0.1) is 18.9 Å². The molecule has 1 aliphatic heterocycles. The first-order chi connectivity index (χ1) is 9.79. The molecule has 1 aliphatic rings. The maximum Gasteiger partial charge on any atom is 0.157 e. The molecule has 5 heteroatoms. The first-order valence-corrected chi connectivity index (χ1v) is 7.73. The van der Waals surface area contributed by atoms with E-state index in [1.165, 1.54) is 5.56 Å². The maximum atomic E-state index is 5.96. The van der Waals surface area contributed by atoms with Crippen molar-refractivity contribution in [1.29, 1.82) is 0 Å². The molecular weight excluding hydrogens is 318 g/mol. The second kappa shape index (κ2) is 6.41. The topological polar surface area (TPSA) is 39.1 Å². The van der Waals surface area contributed by atoms with Crippen LogP contribution in [0.4, 0.5) is 0 Å². The number of nitrogens with zero attached hydrogens (tertiary/aromatic N) is 2. The molecule has 20 heavy (non-hydrogen) atoms. The summed E-state index contributed by atoms with van der Waals surface area (Å²) in [5.74, 6) is 0.867. The molecule has 1 aromatic carbocycles. The van der Waals surface area contributed by atoms with Crippen molar-refractivity contribution in [2.75, 3.05) is 13.1 Å². The van der Waals surface area contributed by atoms with Crippen LogP contribution >= 0.6 is 15.9 Å². The van der Waals surface area contributed by atoms with E-state index in [0.29, 0.717) is 6.10 Å². The van der Waals surface area contributed by atoms with Crippen LogP contribution < -0.4 is 10.1 Å². The SMILES string of the molecule is Brc1cccc(Cn2cc(OC3CCNCC3)cn2)c1. The average molecular weight is 336 g/mol. The molecule has 1 N–H and O–H groups in total. The van der Waals surface area contributed by atoms with Crippen LogP contribution in [0.1, 0.15) is 18.4 Å². The summed E-state index contributed by atoms with van der Waals surface area (Å²) in [6.45, 7) is 2.84. The number of aromatic nitrogens is 2. The Balaban J connectivity index is 1.61. The molecular formula is C15H18BrN3O. The monoisotopic (exact) mass is 335 g/mol. The van der Waals surface area contributed by atoms with Crippen molar-refractivity contribution in [1.82, 2.24) is 15.1 Å². The van der Waals surface area contributed by atoms with E-state index in [9.17, 15) is 0 Å². The Labute approximate surface area is 127 Å². The summed E-state index contributed by atoms with van der Waals surface area (Å²) in [7, 11) is 0. The van der Waals surface area contributed by atoms with Crippen LogP contribution in [0.2, 0.25) is 0 Å². The quantitative estimate of drug-likeness (QED) is 0.933. The summed E-state index contributed by atoms with van der Waals surface area (Å²) in [5, 5.41) is 7.71. The Morgan fingerprint density at radius 1 is 1.35 bits per heavy atom. The standard InChI is InChI=1S/C15H18BrN3O/c16-13-3-1-2-12(8-13)10-19-11-15(9-18-19)20-14-4-6-17-7-5-14/h1-3,8-9,11,14,17H,4-7,10H2. The molecule has 0 spiro atoms. The largest absolute Gasteiger partial charge is 0.487 e. The van der Waals surface area contributed by atoms with Gasteiger partial charge in [-0.05, 0) is 43.6 Å². The Morgan fingerprint density at radius 3 is 3.00 bits per heavy atom. The van der Waals surface area contributed by atoms with Crippen molar-refractivity contribution in [3.8, 4) is 5.75 Å². The summed E-state index contributed by atoms with van der Waals surface area (Å²) in [6, 6.07) is 8.27. The highest BCUT2D eigenvalue weighted by Crippen LogP contribution is 2.17. The van der Waals surface area contributed by atoms with E-state index in [0.717, 1.165) is 42.7 Å². The third-order valence-corrected chi connectivity index (χ3v) is 3.93. The first-order valence-electron chi connectivity index (χ1n) is 6.94. The number of benzene rings is 1. The van der Waals surface area contributed by atoms with Gasteiger partial charge in [0.1, 0.15) is 6.10 Å². The second-order valence-electron chi connectivity index (χ2n) is 5.07. The molecule has 0 radical (unpaired) electrons. The minimum atomic E-state index is 0.319. The minimum Gasteiger partial charge on any atom is -0.487 e. The third kappa shape index (κ3) is 3.61. The van der Waals surface area contributed by atoms with E-state index in [1.54, 1.807) is 6.20 Å². The van der Waals surface area contributed by atoms with Gasteiger partial charge in [-0.15, -0.1) is 0 Å². The van der Waals surface area contributed by atoms with Crippen LogP contribution in [0.3, 0.4) is 0 Å². The fraction of sp³-hybridized carbons (Fsp3) is 0.400. The van der Waals surface area contributed by atoms with Crippen molar-refractivity contribution in [2.45, 2.75) is 25.5 Å². The van der Waals surface area contributed by atoms with Gasteiger partial charge < -0.3 is 10.1 Å². The molecule has 0 atom stereocenters. The second-order valence-corrected chi connectivity index (χ2v) is 5.99. The van der Waals surface area contributed by atoms with Crippen molar-refractivity contribution in [3.63, 3.8) is 0 Å². The highest BCUT2D eigenvalue weighted by molar-refractivity contribution is 9.10. The molecule has 0 bridgehead atoms. The lowest BCUT2D eigenvalue weighted by molar-refractivity contribution is 0.162. The van der Waals surface area contributed by atoms with Crippen LogP contribution in [0.15, 0.2) is 41.1 Å². The molecule has 0 amide bonds. The molecule has 106 valence electrons. The first kappa shape index (κ1) is 13.6. The molecule has 1 aromatic heterocycles. The summed E-state index contributed by atoms with van der Waals surface area (Å²) in [5.41, 5.74) is 1.22. The van der Waals surface area contributed by atoms with Crippen molar-refractivity contribution in [2.24, 2.45) is 0 Å². The van der Waals surface area contributed by atoms with Crippen LogP contribution in [0, 0.1) is 0 Å². The summed E-state index contributed by atoms with van der Waals surface area (Å²) < 4.78 is 8.97. The van der Waals surface area contributed by atoms with E-state index in [2.05, 4.69) is 38.5 Å². The Hall–Kier alpha value is -1.33. The van der Waals surface area contributed by atoms with E-state index in [1.807, 2.05) is 23.0 Å². The number of nitrogens with one attached hydrogen (secondary N) is 1. The van der Waals surface area contributed by atoms with Gasteiger partial charge in [0, 0.05) is 4.47 Å². The number of ether oxygens (including phenoxy) is 1. The Kier molecular flexibility index (Phi) is 4.38. The number of rotatable bonds is 4. The maximum absolute atomic E-state index is 5.96. The Morgan fingerprint density at radius 2 is 2.20 bits per heavy atom. The van der Waals surface area contributed by atoms with Gasteiger partial charge in [0.15, 0.2) is 5.75 Å². The van der Waals surface area contributed by atoms with E-state index in [4.69, 9.17) is 4.74 Å². The lowest BCUT2D eigenvalue weighted by atomic mass is 10.1.